The minimum absolute atomic E-state index is 0.00463. The van der Waals surface area contributed by atoms with Gasteiger partial charge in [-0.15, -0.1) is 0 Å². The van der Waals surface area contributed by atoms with Crippen molar-refractivity contribution >= 4 is 0 Å². The Morgan fingerprint density at radius 1 is 1.29 bits per heavy atom. The lowest BCUT2D eigenvalue weighted by Crippen LogP contribution is -2.17. The topological polar surface area (TPSA) is 44.5 Å². The Kier molecular flexibility index (Phi) is 5.45. The van der Waals surface area contributed by atoms with Gasteiger partial charge < -0.3 is 15.2 Å². The van der Waals surface area contributed by atoms with Gasteiger partial charge in [0, 0.05) is 25.3 Å². The van der Waals surface area contributed by atoms with Crippen LogP contribution in [0.3, 0.4) is 0 Å². The Labute approximate surface area is 104 Å². The summed E-state index contributed by atoms with van der Waals surface area (Å²) in [6, 6.07) is 6.11. The summed E-state index contributed by atoms with van der Waals surface area (Å²) in [7, 11) is 3.40. The maximum absolute atomic E-state index is 6.24. The van der Waals surface area contributed by atoms with Crippen LogP contribution in [-0.2, 0) is 4.74 Å². The summed E-state index contributed by atoms with van der Waals surface area (Å²) in [6.45, 7) is 4.95. The van der Waals surface area contributed by atoms with E-state index in [1.807, 2.05) is 12.1 Å². The molecule has 2 atom stereocenters. The molecule has 2 unspecified atom stereocenters. The van der Waals surface area contributed by atoms with Crippen molar-refractivity contribution in [3.63, 3.8) is 0 Å². The van der Waals surface area contributed by atoms with E-state index in [2.05, 4.69) is 19.9 Å². The standard InChI is InChI=1S/C14H23NO2/c1-10-5-6-14(17-4)12(7-10)13(15)8-11(2)9-16-3/h5-7,11,13H,8-9,15H2,1-4H3. The Bertz CT molecular complexity index is 352. The molecule has 0 saturated heterocycles. The van der Waals surface area contributed by atoms with E-state index in [0.717, 1.165) is 24.3 Å². The number of rotatable bonds is 6. The first-order valence-corrected chi connectivity index (χ1v) is 5.97. The highest BCUT2D eigenvalue weighted by molar-refractivity contribution is 5.38. The number of hydrogen-bond acceptors (Lipinski definition) is 3. The molecular formula is C14H23NO2. The normalized spacial score (nSPS) is 14.4. The number of ether oxygens (including phenoxy) is 2. The van der Waals surface area contributed by atoms with Gasteiger partial charge in [0.15, 0.2) is 0 Å². The SMILES string of the molecule is COCC(C)CC(N)c1cc(C)ccc1OC. The first kappa shape index (κ1) is 14.0. The summed E-state index contributed by atoms with van der Waals surface area (Å²) >= 11 is 0. The molecule has 1 rings (SSSR count). The molecule has 96 valence electrons. The van der Waals surface area contributed by atoms with Gasteiger partial charge in [0.1, 0.15) is 5.75 Å². The Morgan fingerprint density at radius 2 is 2.00 bits per heavy atom. The van der Waals surface area contributed by atoms with Gasteiger partial charge in [-0.25, -0.2) is 0 Å². The van der Waals surface area contributed by atoms with Gasteiger partial charge in [0.05, 0.1) is 7.11 Å². The van der Waals surface area contributed by atoms with Crippen LogP contribution in [0.15, 0.2) is 18.2 Å². The van der Waals surface area contributed by atoms with E-state index in [0.29, 0.717) is 5.92 Å². The zero-order valence-corrected chi connectivity index (χ0v) is 11.2. The van der Waals surface area contributed by atoms with E-state index >= 15 is 0 Å². The molecule has 1 aromatic carbocycles. The fourth-order valence-corrected chi connectivity index (χ4v) is 2.06. The van der Waals surface area contributed by atoms with Crippen molar-refractivity contribution in [3.8, 4) is 5.75 Å². The van der Waals surface area contributed by atoms with Crippen LogP contribution in [0, 0.1) is 12.8 Å². The second-order valence-corrected chi connectivity index (χ2v) is 4.65. The maximum Gasteiger partial charge on any atom is 0.123 e. The molecule has 0 aromatic heterocycles. The monoisotopic (exact) mass is 237 g/mol. The summed E-state index contributed by atoms with van der Waals surface area (Å²) in [4.78, 5) is 0. The molecular weight excluding hydrogens is 214 g/mol. The highest BCUT2D eigenvalue weighted by Crippen LogP contribution is 2.28. The van der Waals surface area contributed by atoms with Crippen molar-refractivity contribution in [2.45, 2.75) is 26.3 Å². The van der Waals surface area contributed by atoms with Crippen molar-refractivity contribution in [1.82, 2.24) is 0 Å². The van der Waals surface area contributed by atoms with Crippen molar-refractivity contribution < 1.29 is 9.47 Å². The molecule has 0 heterocycles. The summed E-state index contributed by atoms with van der Waals surface area (Å²) < 4.78 is 10.5. The molecule has 0 aliphatic carbocycles. The fraction of sp³-hybridized carbons (Fsp3) is 0.571. The molecule has 0 saturated carbocycles. The quantitative estimate of drug-likeness (QED) is 0.827. The molecule has 0 spiro atoms. The van der Waals surface area contributed by atoms with Crippen LogP contribution < -0.4 is 10.5 Å². The van der Waals surface area contributed by atoms with Gasteiger partial charge in [0.25, 0.3) is 0 Å². The van der Waals surface area contributed by atoms with E-state index in [9.17, 15) is 0 Å². The van der Waals surface area contributed by atoms with E-state index < -0.39 is 0 Å². The number of nitrogens with two attached hydrogens (primary N) is 1. The zero-order valence-electron chi connectivity index (χ0n) is 11.2. The van der Waals surface area contributed by atoms with Crippen LogP contribution in [-0.4, -0.2) is 20.8 Å². The summed E-state index contributed by atoms with van der Waals surface area (Å²) in [5.74, 6) is 1.31. The highest BCUT2D eigenvalue weighted by Gasteiger charge is 2.15. The predicted octanol–water partition coefficient (Wildman–Crippen LogP) is 2.68. The van der Waals surface area contributed by atoms with E-state index in [1.165, 1.54) is 5.56 Å². The van der Waals surface area contributed by atoms with Crippen LogP contribution >= 0.6 is 0 Å². The second kappa shape index (κ2) is 6.62. The molecule has 0 bridgehead atoms. The molecule has 1 aromatic rings. The Morgan fingerprint density at radius 3 is 2.59 bits per heavy atom. The van der Waals surface area contributed by atoms with Crippen LogP contribution in [0.4, 0.5) is 0 Å². The van der Waals surface area contributed by atoms with Gasteiger partial charge in [-0.2, -0.15) is 0 Å². The molecule has 3 heteroatoms. The fourth-order valence-electron chi connectivity index (χ4n) is 2.06. The minimum atomic E-state index is -0.00463. The molecule has 3 nitrogen and oxygen atoms in total. The van der Waals surface area contributed by atoms with Gasteiger partial charge in [-0.1, -0.05) is 24.6 Å². The van der Waals surface area contributed by atoms with Gasteiger partial charge in [-0.3, -0.25) is 0 Å². The van der Waals surface area contributed by atoms with E-state index in [1.54, 1.807) is 14.2 Å². The first-order valence-electron chi connectivity index (χ1n) is 5.97. The molecule has 0 fully saturated rings. The van der Waals surface area contributed by atoms with Crippen molar-refractivity contribution in [1.29, 1.82) is 0 Å². The molecule has 2 N–H and O–H groups in total. The zero-order chi connectivity index (χ0) is 12.8. The van der Waals surface area contributed by atoms with Gasteiger partial charge >= 0.3 is 0 Å². The average Bonchev–Trinajstić information content (AvgIpc) is 2.29. The van der Waals surface area contributed by atoms with Crippen LogP contribution in [0.5, 0.6) is 5.75 Å². The predicted molar refractivity (Wildman–Crippen MR) is 70.3 cm³/mol. The minimum Gasteiger partial charge on any atom is -0.496 e. The molecule has 0 aliphatic heterocycles. The van der Waals surface area contributed by atoms with Gasteiger partial charge in [-0.05, 0) is 25.3 Å². The Balaban J connectivity index is 2.79. The van der Waals surface area contributed by atoms with Crippen molar-refractivity contribution in [3.05, 3.63) is 29.3 Å². The Hall–Kier alpha value is -1.06. The third kappa shape index (κ3) is 4.02. The third-order valence-corrected chi connectivity index (χ3v) is 2.89. The molecule has 17 heavy (non-hydrogen) atoms. The van der Waals surface area contributed by atoms with Gasteiger partial charge in [0.2, 0.25) is 0 Å². The van der Waals surface area contributed by atoms with E-state index in [4.69, 9.17) is 15.2 Å². The lowest BCUT2D eigenvalue weighted by molar-refractivity contribution is 0.152. The van der Waals surface area contributed by atoms with Crippen LogP contribution in [0.1, 0.15) is 30.5 Å². The lowest BCUT2D eigenvalue weighted by Gasteiger charge is -2.19. The number of benzene rings is 1. The third-order valence-electron chi connectivity index (χ3n) is 2.89. The summed E-state index contributed by atoms with van der Waals surface area (Å²) in [5, 5.41) is 0. The highest BCUT2D eigenvalue weighted by atomic mass is 16.5. The smallest absolute Gasteiger partial charge is 0.123 e. The van der Waals surface area contributed by atoms with E-state index in [-0.39, 0.29) is 6.04 Å². The molecule has 0 aliphatic rings. The number of hydrogen-bond donors (Lipinski definition) is 1. The second-order valence-electron chi connectivity index (χ2n) is 4.65. The number of methoxy groups -OCH3 is 2. The molecule has 0 amide bonds. The molecule has 0 radical (unpaired) electrons. The van der Waals surface area contributed by atoms with Crippen LogP contribution in [0.2, 0.25) is 0 Å². The summed E-state index contributed by atoms with van der Waals surface area (Å²) in [6.07, 6.45) is 0.896. The number of aryl methyl sites for hydroxylation is 1. The van der Waals surface area contributed by atoms with Crippen molar-refractivity contribution in [2.75, 3.05) is 20.8 Å². The van der Waals surface area contributed by atoms with Crippen LogP contribution in [0.25, 0.3) is 0 Å². The summed E-state index contributed by atoms with van der Waals surface area (Å²) in [5.41, 5.74) is 8.52. The largest absolute Gasteiger partial charge is 0.496 e. The lowest BCUT2D eigenvalue weighted by atomic mass is 9.95. The van der Waals surface area contributed by atoms with Crippen molar-refractivity contribution in [2.24, 2.45) is 11.7 Å². The average molecular weight is 237 g/mol. The first-order chi connectivity index (χ1) is 8.08. The maximum atomic E-state index is 6.24.